The van der Waals surface area contributed by atoms with E-state index in [9.17, 15) is 0 Å². The molecule has 1 aliphatic heterocycles. The summed E-state index contributed by atoms with van der Waals surface area (Å²) in [6, 6.07) is 11.1. The monoisotopic (exact) mass is 226 g/mol. The van der Waals surface area contributed by atoms with E-state index < -0.39 is 0 Å². The summed E-state index contributed by atoms with van der Waals surface area (Å²) in [5, 5.41) is 4.87. The molecule has 0 radical (unpaired) electrons. The van der Waals surface area contributed by atoms with Gasteiger partial charge in [-0.05, 0) is 30.5 Å². The van der Waals surface area contributed by atoms with Gasteiger partial charge in [0.25, 0.3) is 0 Å². The van der Waals surface area contributed by atoms with Crippen molar-refractivity contribution in [2.24, 2.45) is 5.92 Å². The maximum atomic E-state index is 4.55. The van der Waals surface area contributed by atoms with Crippen molar-refractivity contribution in [3.05, 3.63) is 42.1 Å². The first-order valence-corrected chi connectivity index (χ1v) is 6.47. The Morgan fingerprint density at radius 1 is 1.29 bits per heavy atom. The Labute approximate surface area is 102 Å². The van der Waals surface area contributed by atoms with Crippen LogP contribution >= 0.6 is 0 Å². The second kappa shape index (κ2) is 4.46. The van der Waals surface area contributed by atoms with Crippen LogP contribution < -0.4 is 5.32 Å². The molecule has 0 spiro atoms. The molecule has 2 unspecified atom stereocenters. The average Bonchev–Trinajstić information content (AvgIpc) is 2.86. The zero-order chi connectivity index (χ0) is 11.7. The number of hydrogen-bond donors (Lipinski definition) is 1. The first kappa shape index (κ1) is 10.7. The van der Waals surface area contributed by atoms with Crippen molar-refractivity contribution in [1.29, 1.82) is 0 Å². The minimum absolute atomic E-state index is 0.485. The molecule has 1 aromatic carbocycles. The van der Waals surface area contributed by atoms with Gasteiger partial charge in [-0.2, -0.15) is 0 Å². The highest BCUT2D eigenvalue weighted by Crippen LogP contribution is 2.34. The van der Waals surface area contributed by atoms with E-state index in [0.717, 1.165) is 18.0 Å². The van der Waals surface area contributed by atoms with Crippen molar-refractivity contribution in [2.45, 2.75) is 25.8 Å². The summed E-state index contributed by atoms with van der Waals surface area (Å²) in [7, 11) is 0. The summed E-state index contributed by atoms with van der Waals surface area (Å²) in [5.74, 6) is 0.752. The SMILES string of the molecule is CCC1CCNC1c1cccc2cccnc12. The number of pyridine rings is 1. The van der Waals surface area contributed by atoms with Gasteiger partial charge in [0, 0.05) is 17.6 Å². The third-order valence-corrected chi connectivity index (χ3v) is 3.87. The van der Waals surface area contributed by atoms with Crippen molar-refractivity contribution in [2.75, 3.05) is 6.54 Å². The number of benzene rings is 1. The molecule has 2 heterocycles. The van der Waals surface area contributed by atoms with Crippen LogP contribution in [0.1, 0.15) is 31.4 Å². The predicted molar refractivity (Wildman–Crippen MR) is 70.9 cm³/mol. The molecule has 1 aromatic heterocycles. The Bertz CT molecular complexity index is 516. The van der Waals surface area contributed by atoms with E-state index in [0.29, 0.717) is 6.04 Å². The fraction of sp³-hybridized carbons (Fsp3) is 0.400. The lowest BCUT2D eigenvalue weighted by Crippen LogP contribution is -2.18. The van der Waals surface area contributed by atoms with E-state index in [4.69, 9.17) is 0 Å². The van der Waals surface area contributed by atoms with E-state index in [2.05, 4.69) is 41.5 Å². The Morgan fingerprint density at radius 3 is 3.06 bits per heavy atom. The molecule has 17 heavy (non-hydrogen) atoms. The van der Waals surface area contributed by atoms with Crippen LogP contribution in [0, 0.1) is 5.92 Å². The lowest BCUT2D eigenvalue weighted by atomic mass is 9.91. The van der Waals surface area contributed by atoms with Crippen molar-refractivity contribution >= 4 is 10.9 Å². The maximum absolute atomic E-state index is 4.55. The Hall–Kier alpha value is -1.41. The minimum atomic E-state index is 0.485. The van der Waals surface area contributed by atoms with Crippen molar-refractivity contribution in [3.8, 4) is 0 Å². The molecular weight excluding hydrogens is 208 g/mol. The zero-order valence-corrected chi connectivity index (χ0v) is 10.2. The first-order chi connectivity index (χ1) is 8.40. The number of hydrogen-bond acceptors (Lipinski definition) is 2. The average molecular weight is 226 g/mol. The van der Waals surface area contributed by atoms with Crippen LogP contribution in [0.15, 0.2) is 36.5 Å². The standard InChI is InChI=1S/C15H18N2/c1-2-11-8-10-17-14(11)13-7-3-5-12-6-4-9-16-15(12)13/h3-7,9,11,14,17H,2,8,10H2,1H3. The summed E-state index contributed by atoms with van der Waals surface area (Å²) in [6.07, 6.45) is 4.41. The number of nitrogens with zero attached hydrogens (tertiary/aromatic N) is 1. The van der Waals surface area contributed by atoms with E-state index in [1.54, 1.807) is 0 Å². The molecular formula is C15H18N2. The fourth-order valence-corrected chi connectivity index (χ4v) is 2.94. The van der Waals surface area contributed by atoms with Gasteiger partial charge in [-0.1, -0.05) is 37.6 Å². The molecule has 1 N–H and O–H groups in total. The van der Waals surface area contributed by atoms with Gasteiger partial charge in [-0.25, -0.2) is 0 Å². The lowest BCUT2D eigenvalue weighted by Gasteiger charge is -2.19. The quantitative estimate of drug-likeness (QED) is 0.850. The Morgan fingerprint density at radius 2 is 2.18 bits per heavy atom. The molecule has 1 aliphatic rings. The Kier molecular flexibility index (Phi) is 2.81. The number of fused-ring (bicyclic) bond motifs is 1. The van der Waals surface area contributed by atoms with Gasteiger partial charge in [0.15, 0.2) is 0 Å². The van der Waals surface area contributed by atoms with Crippen LogP contribution in [-0.4, -0.2) is 11.5 Å². The number of para-hydroxylation sites is 1. The summed E-state index contributed by atoms with van der Waals surface area (Å²) < 4.78 is 0. The second-order valence-corrected chi connectivity index (χ2v) is 4.81. The molecule has 2 heteroatoms. The van der Waals surface area contributed by atoms with Gasteiger partial charge < -0.3 is 5.32 Å². The molecule has 2 aromatic rings. The summed E-state index contributed by atoms with van der Waals surface area (Å²) in [4.78, 5) is 4.55. The van der Waals surface area contributed by atoms with Crippen molar-refractivity contribution in [3.63, 3.8) is 0 Å². The number of nitrogens with one attached hydrogen (secondary N) is 1. The zero-order valence-electron chi connectivity index (χ0n) is 10.2. The number of aromatic nitrogens is 1. The molecule has 0 amide bonds. The lowest BCUT2D eigenvalue weighted by molar-refractivity contribution is 0.451. The van der Waals surface area contributed by atoms with Gasteiger partial charge in [0.2, 0.25) is 0 Å². The second-order valence-electron chi connectivity index (χ2n) is 4.81. The highest BCUT2D eigenvalue weighted by Gasteiger charge is 2.27. The van der Waals surface area contributed by atoms with Crippen LogP contribution in [0.5, 0.6) is 0 Å². The molecule has 0 aliphatic carbocycles. The van der Waals surface area contributed by atoms with Gasteiger partial charge in [-0.15, -0.1) is 0 Å². The topological polar surface area (TPSA) is 24.9 Å². The minimum Gasteiger partial charge on any atom is -0.310 e. The van der Waals surface area contributed by atoms with E-state index in [1.807, 2.05) is 12.3 Å². The van der Waals surface area contributed by atoms with E-state index in [1.165, 1.54) is 23.8 Å². The number of rotatable bonds is 2. The van der Waals surface area contributed by atoms with E-state index in [-0.39, 0.29) is 0 Å². The smallest absolute Gasteiger partial charge is 0.0749 e. The molecule has 0 saturated carbocycles. The van der Waals surface area contributed by atoms with Crippen molar-refractivity contribution in [1.82, 2.24) is 10.3 Å². The summed E-state index contributed by atoms with van der Waals surface area (Å²) in [5.41, 5.74) is 2.53. The highest BCUT2D eigenvalue weighted by molar-refractivity contribution is 5.82. The van der Waals surface area contributed by atoms with Gasteiger partial charge in [0.1, 0.15) is 0 Å². The highest BCUT2D eigenvalue weighted by atomic mass is 15.0. The fourth-order valence-electron chi connectivity index (χ4n) is 2.94. The van der Waals surface area contributed by atoms with Crippen LogP contribution in [0.25, 0.3) is 10.9 Å². The molecule has 2 atom stereocenters. The van der Waals surface area contributed by atoms with Crippen LogP contribution in [0.2, 0.25) is 0 Å². The molecule has 0 bridgehead atoms. The summed E-state index contributed by atoms with van der Waals surface area (Å²) in [6.45, 7) is 3.41. The molecule has 3 rings (SSSR count). The largest absolute Gasteiger partial charge is 0.310 e. The van der Waals surface area contributed by atoms with Crippen LogP contribution in [-0.2, 0) is 0 Å². The molecule has 88 valence electrons. The Balaban J connectivity index is 2.10. The van der Waals surface area contributed by atoms with Crippen LogP contribution in [0.4, 0.5) is 0 Å². The summed E-state index contributed by atoms with van der Waals surface area (Å²) >= 11 is 0. The predicted octanol–water partition coefficient (Wildman–Crippen LogP) is 3.30. The van der Waals surface area contributed by atoms with Crippen LogP contribution in [0.3, 0.4) is 0 Å². The molecule has 1 fully saturated rings. The first-order valence-electron chi connectivity index (χ1n) is 6.47. The normalized spacial score (nSPS) is 24.3. The van der Waals surface area contributed by atoms with Gasteiger partial charge in [-0.3, -0.25) is 4.98 Å². The van der Waals surface area contributed by atoms with E-state index >= 15 is 0 Å². The third kappa shape index (κ3) is 1.83. The molecule has 2 nitrogen and oxygen atoms in total. The maximum Gasteiger partial charge on any atom is 0.0749 e. The third-order valence-electron chi connectivity index (χ3n) is 3.87. The van der Waals surface area contributed by atoms with Gasteiger partial charge in [0.05, 0.1) is 5.52 Å². The molecule has 1 saturated heterocycles. The van der Waals surface area contributed by atoms with Gasteiger partial charge >= 0.3 is 0 Å². The van der Waals surface area contributed by atoms with Crippen molar-refractivity contribution < 1.29 is 0 Å².